The standard InChI is InChI=1S/C24H19N7O2S/c25-34(32,33)18-12-17(13-26-14-18)23-20-9-4-8-19(16-6-2-1-3-7-16)22(20)24(31-30-23)29-15-21-27-10-5-11-28-21/h1-14H,15H2,(H,29,31)(H2,25,32,33). The van der Waals surface area contributed by atoms with Gasteiger partial charge in [0.25, 0.3) is 0 Å². The summed E-state index contributed by atoms with van der Waals surface area (Å²) >= 11 is 0. The number of sulfonamides is 1. The van der Waals surface area contributed by atoms with Crippen molar-refractivity contribution in [1.29, 1.82) is 0 Å². The highest BCUT2D eigenvalue weighted by Gasteiger charge is 2.17. The topological polar surface area (TPSA) is 137 Å². The molecule has 0 radical (unpaired) electrons. The van der Waals surface area contributed by atoms with Crippen molar-refractivity contribution in [3.8, 4) is 22.4 Å². The van der Waals surface area contributed by atoms with Gasteiger partial charge in [0.05, 0.1) is 6.54 Å². The molecule has 3 heterocycles. The van der Waals surface area contributed by atoms with Gasteiger partial charge in [0.15, 0.2) is 5.82 Å². The number of pyridine rings is 1. The van der Waals surface area contributed by atoms with E-state index in [2.05, 4.69) is 30.5 Å². The van der Waals surface area contributed by atoms with Crippen molar-refractivity contribution in [3.63, 3.8) is 0 Å². The zero-order chi connectivity index (χ0) is 23.5. The Bertz CT molecular complexity index is 1580. The van der Waals surface area contributed by atoms with Gasteiger partial charge in [-0.15, -0.1) is 10.2 Å². The molecule has 0 unspecified atom stereocenters. The minimum Gasteiger partial charge on any atom is -0.361 e. The van der Waals surface area contributed by atoms with Crippen LogP contribution in [-0.4, -0.2) is 33.6 Å². The molecule has 0 amide bonds. The molecule has 3 N–H and O–H groups in total. The summed E-state index contributed by atoms with van der Waals surface area (Å²) in [5.74, 6) is 1.17. The first kappa shape index (κ1) is 21.6. The fourth-order valence-corrected chi connectivity index (χ4v) is 4.19. The lowest BCUT2D eigenvalue weighted by Crippen LogP contribution is -2.12. The summed E-state index contributed by atoms with van der Waals surface area (Å²) in [6.07, 6.45) is 6.10. The Hall–Kier alpha value is -4.28. The number of aromatic nitrogens is 5. The third-order valence-electron chi connectivity index (χ3n) is 5.24. The van der Waals surface area contributed by atoms with Gasteiger partial charge in [-0.2, -0.15) is 0 Å². The Balaban J connectivity index is 1.71. The fraction of sp³-hybridized carbons (Fsp3) is 0.0417. The molecule has 168 valence electrons. The molecule has 0 atom stereocenters. The van der Waals surface area contributed by atoms with Gasteiger partial charge in [-0.3, -0.25) is 4.98 Å². The van der Waals surface area contributed by atoms with Gasteiger partial charge >= 0.3 is 0 Å². The van der Waals surface area contributed by atoms with Crippen LogP contribution in [0.2, 0.25) is 0 Å². The lowest BCUT2D eigenvalue weighted by molar-refractivity contribution is 0.597. The molecule has 0 saturated carbocycles. The number of nitrogens with one attached hydrogen (secondary N) is 1. The van der Waals surface area contributed by atoms with Crippen LogP contribution in [0.25, 0.3) is 33.2 Å². The molecule has 34 heavy (non-hydrogen) atoms. The van der Waals surface area contributed by atoms with E-state index in [4.69, 9.17) is 5.14 Å². The third-order valence-corrected chi connectivity index (χ3v) is 6.12. The number of rotatable bonds is 6. The normalized spacial score (nSPS) is 11.4. The zero-order valence-electron chi connectivity index (χ0n) is 17.8. The molecule has 10 heteroatoms. The smallest absolute Gasteiger partial charge is 0.239 e. The molecule has 2 aromatic carbocycles. The van der Waals surface area contributed by atoms with Crippen molar-refractivity contribution < 1.29 is 8.42 Å². The monoisotopic (exact) mass is 469 g/mol. The Kier molecular flexibility index (Phi) is 5.66. The summed E-state index contributed by atoms with van der Waals surface area (Å²) in [5, 5.41) is 19.1. The molecule has 3 aromatic heterocycles. The van der Waals surface area contributed by atoms with Gasteiger partial charge in [-0.05, 0) is 23.3 Å². The lowest BCUT2D eigenvalue weighted by atomic mass is 9.97. The van der Waals surface area contributed by atoms with Crippen LogP contribution in [0.1, 0.15) is 5.82 Å². The predicted molar refractivity (Wildman–Crippen MR) is 129 cm³/mol. The molecule has 0 saturated heterocycles. The highest BCUT2D eigenvalue weighted by atomic mass is 32.2. The van der Waals surface area contributed by atoms with E-state index < -0.39 is 10.0 Å². The molecule has 0 bridgehead atoms. The molecule has 5 aromatic rings. The van der Waals surface area contributed by atoms with Crippen molar-refractivity contribution in [1.82, 2.24) is 25.1 Å². The summed E-state index contributed by atoms with van der Waals surface area (Å²) in [4.78, 5) is 12.5. The Morgan fingerprint density at radius 1 is 0.853 bits per heavy atom. The van der Waals surface area contributed by atoms with Gasteiger partial charge in [0.2, 0.25) is 10.0 Å². The largest absolute Gasteiger partial charge is 0.361 e. The second-order valence-electron chi connectivity index (χ2n) is 7.46. The van der Waals surface area contributed by atoms with E-state index in [9.17, 15) is 8.42 Å². The van der Waals surface area contributed by atoms with Crippen LogP contribution < -0.4 is 10.5 Å². The fourth-order valence-electron chi connectivity index (χ4n) is 3.69. The molecule has 0 aliphatic rings. The second kappa shape index (κ2) is 8.93. The first-order valence-corrected chi connectivity index (χ1v) is 11.9. The minimum absolute atomic E-state index is 0.0948. The van der Waals surface area contributed by atoms with E-state index in [1.807, 2.05) is 48.5 Å². The third kappa shape index (κ3) is 4.32. The van der Waals surface area contributed by atoms with E-state index in [0.717, 1.165) is 21.9 Å². The first-order valence-electron chi connectivity index (χ1n) is 10.3. The Morgan fingerprint density at radius 2 is 1.65 bits per heavy atom. The summed E-state index contributed by atoms with van der Waals surface area (Å²) < 4.78 is 23.7. The number of hydrogen-bond acceptors (Lipinski definition) is 8. The van der Waals surface area contributed by atoms with Crippen LogP contribution in [0.3, 0.4) is 0 Å². The van der Waals surface area contributed by atoms with Crippen LogP contribution in [0.5, 0.6) is 0 Å². The average molecular weight is 470 g/mol. The van der Waals surface area contributed by atoms with Crippen molar-refractivity contribution in [2.24, 2.45) is 5.14 Å². The average Bonchev–Trinajstić information content (AvgIpc) is 2.87. The predicted octanol–water partition coefficient (Wildman–Crippen LogP) is 3.41. The van der Waals surface area contributed by atoms with Crippen LogP contribution in [0.15, 0.2) is 90.3 Å². The maximum absolute atomic E-state index is 11.9. The van der Waals surface area contributed by atoms with Crippen LogP contribution in [0.4, 0.5) is 5.82 Å². The van der Waals surface area contributed by atoms with Crippen molar-refractivity contribution in [2.75, 3.05) is 5.32 Å². The molecular formula is C24H19N7O2S. The van der Waals surface area contributed by atoms with E-state index >= 15 is 0 Å². The summed E-state index contributed by atoms with van der Waals surface area (Å²) in [7, 11) is -3.92. The van der Waals surface area contributed by atoms with Gasteiger partial charge in [-0.25, -0.2) is 23.5 Å². The zero-order valence-corrected chi connectivity index (χ0v) is 18.6. The molecule has 0 aliphatic carbocycles. The van der Waals surface area contributed by atoms with Crippen molar-refractivity contribution in [3.05, 3.63) is 91.3 Å². The molecule has 0 aliphatic heterocycles. The van der Waals surface area contributed by atoms with E-state index in [1.165, 1.54) is 18.5 Å². The lowest BCUT2D eigenvalue weighted by Gasteiger charge is -2.15. The number of fused-ring (bicyclic) bond motifs is 1. The quantitative estimate of drug-likeness (QED) is 0.386. The molecular weight excluding hydrogens is 450 g/mol. The van der Waals surface area contributed by atoms with Gasteiger partial charge in [0.1, 0.15) is 16.4 Å². The van der Waals surface area contributed by atoms with E-state index in [0.29, 0.717) is 29.4 Å². The number of benzene rings is 2. The molecule has 5 rings (SSSR count). The van der Waals surface area contributed by atoms with E-state index in [1.54, 1.807) is 18.5 Å². The van der Waals surface area contributed by atoms with Crippen molar-refractivity contribution in [2.45, 2.75) is 11.4 Å². The van der Waals surface area contributed by atoms with Gasteiger partial charge in [0, 0.05) is 41.1 Å². The number of nitrogens with two attached hydrogens (primary N) is 1. The van der Waals surface area contributed by atoms with E-state index in [-0.39, 0.29) is 4.90 Å². The minimum atomic E-state index is -3.92. The maximum atomic E-state index is 11.9. The van der Waals surface area contributed by atoms with Crippen LogP contribution in [0, 0.1) is 0 Å². The summed E-state index contributed by atoms with van der Waals surface area (Å²) in [5.41, 5.74) is 2.93. The molecule has 0 fully saturated rings. The molecule has 0 spiro atoms. The van der Waals surface area contributed by atoms with Crippen molar-refractivity contribution >= 4 is 26.6 Å². The van der Waals surface area contributed by atoms with Crippen LogP contribution >= 0.6 is 0 Å². The van der Waals surface area contributed by atoms with Gasteiger partial charge in [-0.1, -0.05) is 48.5 Å². The molecule has 9 nitrogen and oxygen atoms in total. The first-order chi connectivity index (χ1) is 16.5. The second-order valence-corrected chi connectivity index (χ2v) is 9.03. The SMILES string of the molecule is NS(=O)(=O)c1cncc(-c2nnc(NCc3ncccn3)c3c(-c4ccccc4)cccc23)c1. The Morgan fingerprint density at radius 3 is 2.41 bits per heavy atom. The van der Waals surface area contributed by atoms with Crippen LogP contribution in [-0.2, 0) is 16.6 Å². The number of primary sulfonamides is 1. The number of hydrogen-bond donors (Lipinski definition) is 2. The number of anilines is 1. The number of nitrogens with zero attached hydrogens (tertiary/aromatic N) is 5. The highest BCUT2D eigenvalue weighted by Crippen LogP contribution is 2.37. The highest BCUT2D eigenvalue weighted by molar-refractivity contribution is 7.89. The Labute approximate surface area is 195 Å². The maximum Gasteiger partial charge on any atom is 0.239 e. The summed E-state index contributed by atoms with van der Waals surface area (Å²) in [6.45, 7) is 0.357. The summed E-state index contributed by atoms with van der Waals surface area (Å²) in [6, 6.07) is 19.0. The van der Waals surface area contributed by atoms with Gasteiger partial charge < -0.3 is 5.32 Å².